The third-order valence-electron chi connectivity index (χ3n) is 3.69. The molecular weight excluding hydrogens is 238 g/mol. The number of hydrogen-bond donors (Lipinski definition) is 1. The first-order valence-corrected chi connectivity index (χ1v) is 6.25. The second-order valence-electron chi connectivity index (χ2n) is 4.92. The van der Waals surface area contributed by atoms with Gasteiger partial charge in [0.25, 0.3) is 0 Å². The largest absolute Gasteiger partial charge is 0.490 e. The van der Waals surface area contributed by atoms with Crippen molar-refractivity contribution in [2.24, 2.45) is 11.3 Å². The van der Waals surface area contributed by atoms with Gasteiger partial charge in [0.1, 0.15) is 6.33 Å². The molecule has 0 atom stereocenters. The molecule has 0 amide bonds. The maximum Gasteiger partial charge on any atom is 0.198 e. The van der Waals surface area contributed by atoms with Crippen molar-refractivity contribution < 1.29 is 4.74 Å². The number of aromatic nitrogens is 2. The summed E-state index contributed by atoms with van der Waals surface area (Å²) in [6.45, 7) is 5.44. The van der Waals surface area contributed by atoms with Crippen LogP contribution in [0, 0.1) is 11.3 Å². The molecule has 2 rings (SSSR count). The van der Waals surface area contributed by atoms with Crippen LogP contribution in [-0.4, -0.2) is 23.6 Å². The highest BCUT2D eigenvalue weighted by Gasteiger charge is 2.45. The minimum Gasteiger partial charge on any atom is -0.490 e. The normalized spacial score (nSPS) is 17.0. The van der Waals surface area contributed by atoms with E-state index in [2.05, 4.69) is 29.1 Å². The Kier molecular flexibility index (Phi) is 3.43. The van der Waals surface area contributed by atoms with Gasteiger partial charge in [0.05, 0.1) is 7.11 Å². The van der Waals surface area contributed by atoms with Crippen molar-refractivity contribution in [1.82, 2.24) is 9.97 Å². The molecule has 17 heavy (non-hydrogen) atoms. The minimum absolute atomic E-state index is 0.347. The fraction of sp³-hybridized carbons (Fsp3) is 0.667. The summed E-state index contributed by atoms with van der Waals surface area (Å²) in [7, 11) is 1.57. The molecule has 1 N–H and O–H groups in total. The molecule has 1 aromatic heterocycles. The van der Waals surface area contributed by atoms with Crippen LogP contribution in [-0.2, 0) is 0 Å². The number of halogens is 1. The average molecular weight is 256 g/mol. The van der Waals surface area contributed by atoms with E-state index in [0.717, 1.165) is 6.54 Å². The third-order valence-corrected chi connectivity index (χ3v) is 3.96. The van der Waals surface area contributed by atoms with Crippen LogP contribution < -0.4 is 10.1 Å². The van der Waals surface area contributed by atoms with Crippen LogP contribution >= 0.6 is 11.6 Å². The molecule has 5 heteroatoms. The number of rotatable bonds is 5. The van der Waals surface area contributed by atoms with Gasteiger partial charge in [-0.05, 0) is 24.2 Å². The quantitative estimate of drug-likeness (QED) is 0.822. The summed E-state index contributed by atoms with van der Waals surface area (Å²) in [5.74, 6) is 1.88. The monoisotopic (exact) mass is 255 g/mol. The number of hydrogen-bond acceptors (Lipinski definition) is 4. The number of nitrogens with zero attached hydrogens (tertiary/aromatic N) is 2. The zero-order valence-electron chi connectivity index (χ0n) is 10.5. The van der Waals surface area contributed by atoms with E-state index in [4.69, 9.17) is 16.3 Å². The lowest BCUT2D eigenvalue weighted by Crippen LogP contribution is -2.21. The zero-order valence-corrected chi connectivity index (χ0v) is 11.2. The molecule has 1 heterocycles. The molecule has 0 radical (unpaired) electrons. The lowest BCUT2D eigenvalue weighted by atomic mass is 9.92. The van der Waals surface area contributed by atoms with E-state index in [1.807, 2.05) is 0 Å². The summed E-state index contributed by atoms with van der Waals surface area (Å²) in [6, 6.07) is 0. The van der Waals surface area contributed by atoms with Crippen molar-refractivity contribution in [2.45, 2.75) is 26.7 Å². The molecule has 1 aliphatic rings. The molecule has 1 fully saturated rings. The van der Waals surface area contributed by atoms with E-state index >= 15 is 0 Å². The fourth-order valence-corrected chi connectivity index (χ4v) is 2.25. The van der Waals surface area contributed by atoms with Gasteiger partial charge < -0.3 is 10.1 Å². The molecule has 4 nitrogen and oxygen atoms in total. The van der Waals surface area contributed by atoms with E-state index in [9.17, 15) is 0 Å². The molecule has 0 aliphatic heterocycles. The molecule has 0 saturated heterocycles. The lowest BCUT2D eigenvalue weighted by Gasteiger charge is -2.21. The van der Waals surface area contributed by atoms with Gasteiger partial charge >= 0.3 is 0 Å². The molecule has 0 spiro atoms. The summed E-state index contributed by atoms with van der Waals surface area (Å²) in [5.41, 5.74) is 0.419. The number of methoxy groups -OCH3 is 1. The van der Waals surface area contributed by atoms with Gasteiger partial charge in [-0.3, -0.25) is 0 Å². The highest BCUT2D eigenvalue weighted by atomic mass is 35.5. The Morgan fingerprint density at radius 2 is 2.18 bits per heavy atom. The number of anilines is 1. The summed E-state index contributed by atoms with van der Waals surface area (Å²) in [6.07, 6.45) is 4.00. The SMILES string of the molecule is COc1c(Cl)ncnc1NCC1(C(C)C)CC1. The smallest absolute Gasteiger partial charge is 0.198 e. The van der Waals surface area contributed by atoms with Gasteiger partial charge in [-0.25, -0.2) is 9.97 Å². The Morgan fingerprint density at radius 1 is 1.47 bits per heavy atom. The Labute approximate surface area is 107 Å². The average Bonchev–Trinajstić information content (AvgIpc) is 3.07. The lowest BCUT2D eigenvalue weighted by molar-refractivity contribution is 0.377. The van der Waals surface area contributed by atoms with E-state index in [0.29, 0.717) is 28.1 Å². The molecule has 94 valence electrons. The van der Waals surface area contributed by atoms with E-state index < -0.39 is 0 Å². The highest BCUT2D eigenvalue weighted by Crippen LogP contribution is 2.51. The Hall–Kier alpha value is -1.03. The number of ether oxygens (including phenoxy) is 1. The molecule has 1 saturated carbocycles. The predicted molar refractivity (Wildman–Crippen MR) is 68.6 cm³/mol. The van der Waals surface area contributed by atoms with Gasteiger partial charge in [0.2, 0.25) is 0 Å². The van der Waals surface area contributed by atoms with Gasteiger partial charge in [0.15, 0.2) is 16.7 Å². The standard InChI is InChI=1S/C12H18ClN3O/c1-8(2)12(4-5-12)6-14-11-9(17-3)10(13)15-7-16-11/h7-8H,4-6H2,1-3H3,(H,14,15,16). The van der Waals surface area contributed by atoms with Gasteiger partial charge in [-0.15, -0.1) is 0 Å². The molecular formula is C12H18ClN3O. The first kappa shape index (κ1) is 12.4. The van der Waals surface area contributed by atoms with Crippen molar-refractivity contribution in [2.75, 3.05) is 19.0 Å². The second-order valence-corrected chi connectivity index (χ2v) is 5.27. The molecule has 0 aromatic carbocycles. The Balaban J connectivity index is 2.07. The van der Waals surface area contributed by atoms with E-state index in [-0.39, 0.29) is 0 Å². The summed E-state index contributed by atoms with van der Waals surface area (Å²) >= 11 is 5.94. The van der Waals surface area contributed by atoms with Crippen LogP contribution in [0.25, 0.3) is 0 Å². The first-order valence-electron chi connectivity index (χ1n) is 5.87. The summed E-state index contributed by atoms with van der Waals surface area (Å²) < 4.78 is 5.20. The van der Waals surface area contributed by atoms with Gasteiger partial charge in [-0.1, -0.05) is 25.4 Å². The van der Waals surface area contributed by atoms with Gasteiger partial charge in [0, 0.05) is 6.54 Å². The first-order chi connectivity index (χ1) is 8.09. The fourth-order valence-electron chi connectivity index (χ4n) is 2.04. The molecule has 1 aromatic rings. The van der Waals surface area contributed by atoms with Crippen LogP contribution in [0.3, 0.4) is 0 Å². The van der Waals surface area contributed by atoms with Crippen LogP contribution in [0.5, 0.6) is 5.75 Å². The van der Waals surface area contributed by atoms with Crippen LogP contribution in [0.1, 0.15) is 26.7 Å². The highest BCUT2D eigenvalue weighted by molar-refractivity contribution is 6.31. The zero-order chi connectivity index (χ0) is 12.5. The maximum atomic E-state index is 5.94. The number of nitrogens with one attached hydrogen (secondary N) is 1. The third kappa shape index (κ3) is 2.46. The molecule has 0 bridgehead atoms. The van der Waals surface area contributed by atoms with Crippen molar-refractivity contribution in [3.05, 3.63) is 11.5 Å². The van der Waals surface area contributed by atoms with Crippen molar-refractivity contribution in [3.63, 3.8) is 0 Å². The Morgan fingerprint density at radius 3 is 2.71 bits per heavy atom. The molecule has 1 aliphatic carbocycles. The summed E-state index contributed by atoms with van der Waals surface area (Å²) in [5, 5.41) is 3.68. The van der Waals surface area contributed by atoms with Crippen molar-refractivity contribution in [3.8, 4) is 5.75 Å². The Bertz CT molecular complexity index is 405. The van der Waals surface area contributed by atoms with Gasteiger partial charge in [-0.2, -0.15) is 0 Å². The second kappa shape index (κ2) is 4.69. The summed E-state index contributed by atoms with van der Waals surface area (Å²) in [4.78, 5) is 8.06. The predicted octanol–water partition coefficient (Wildman–Crippen LogP) is 2.99. The van der Waals surface area contributed by atoms with Crippen LogP contribution in [0.4, 0.5) is 5.82 Å². The minimum atomic E-state index is 0.347. The van der Waals surface area contributed by atoms with Crippen molar-refractivity contribution >= 4 is 17.4 Å². The van der Waals surface area contributed by atoms with Crippen molar-refractivity contribution in [1.29, 1.82) is 0 Å². The van der Waals surface area contributed by atoms with Crippen LogP contribution in [0.2, 0.25) is 5.15 Å². The van der Waals surface area contributed by atoms with E-state index in [1.54, 1.807) is 7.11 Å². The topological polar surface area (TPSA) is 47.0 Å². The van der Waals surface area contributed by atoms with Crippen LogP contribution in [0.15, 0.2) is 6.33 Å². The van der Waals surface area contributed by atoms with E-state index in [1.165, 1.54) is 19.2 Å². The molecule has 0 unspecified atom stereocenters. The maximum absolute atomic E-state index is 5.94.